The Morgan fingerprint density at radius 1 is 1.19 bits per heavy atom. The summed E-state index contributed by atoms with van der Waals surface area (Å²) in [5.41, 5.74) is 1.93. The molecular weight excluding hydrogens is 414 g/mol. The van der Waals surface area contributed by atoms with E-state index in [9.17, 15) is 9.59 Å². The van der Waals surface area contributed by atoms with Crippen LogP contribution < -0.4 is 14.8 Å². The molecule has 2 rings (SSSR count). The number of halogens is 1. The van der Waals surface area contributed by atoms with Crippen molar-refractivity contribution in [2.24, 2.45) is 0 Å². The summed E-state index contributed by atoms with van der Waals surface area (Å²) >= 11 is 3.38. The van der Waals surface area contributed by atoms with E-state index < -0.39 is 11.9 Å². The quantitative estimate of drug-likeness (QED) is 0.623. The predicted octanol–water partition coefficient (Wildman–Crippen LogP) is 4.35. The van der Waals surface area contributed by atoms with Gasteiger partial charge >= 0.3 is 5.97 Å². The van der Waals surface area contributed by atoms with Crippen molar-refractivity contribution in [3.63, 3.8) is 0 Å². The molecule has 0 bridgehead atoms. The molecule has 6 nitrogen and oxygen atoms in total. The molecule has 7 heteroatoms. The van der Waals surface area contributed by atoms with Crippen LogP contribution in [0.15, 0.2) is 40.9 Å². The third-order valence-corrected chi connectivity index (χ3v) is 4.14. The molecule has 27 heavy (non-hydrogen) atoms. The second kappa shape index (κ2) is 9.97. The molecule has 1 N–H and O–H groups in total. The highest BCUT2D eigenvalue weighted by Crippen LogP contribution is 2.37. The number of amides is 1. The Labute approximate surface area is 166 Å². The fraction of sp³-hybridized carbons (Fsp3) is 0.300. The van der Waals surface area contributed by atoms with Gasteiger partial charge in [-0.2, -0.15) is 0 Å². The molecule has 0 aliphatic carbocycles. The van der Waals surface area contributed by atoms with E-state index in [1.165, 1.54) is 13.2 Å². The predicted molar refractivity (Wildman–Crippen MR) is 107 cm³/mol. The van der Waals surface area contributed by atoms with Crippen molar-refractivity contribution < 1.29 is 23.8 Å². The molecule has 0 fully saturated rings. The van der Waals surface area contributed by atoms with Crippen LogP contribution in [-0.2, 0) is 9.53 Å². The van der Waals surface area contributed by atoms with Crippen LogP contribution in [0.25, 0.3) is 0 Å². The lowest BCUT2D eigenvalue weighted by Gasteiger charge is -2.13. The first-order valence-electron chi connectivity index (χ1n) is 8.48. The monoisotopic (exact) mass is 435 g/mol. The number of methoxy groups -OCH3 is 1. The smallest absolute Gasteiger partial charge is 0.338 e. The maximum absolute atomic E-state index is 12.3. The highest BCUT2D eigenvalue weighted by atomic mass is 79.9. The summed E-state index contributed by atoms with van der Waals surface area (Å²) in [6.07, 6.45) is 0.843. The normalized spacial score (nSPS) is 10.2. The van der Waals surface area contributed by atoms with Crippen LogP contribution in [0, 0.1) is 6.92 Å². The van der Waals surface area contributed by atoms with E-state index in [0.717, 1.165) is 12.0 Å². The minimum Gasteiger partial charge on any atom is -0.493 e. The molecule has 0 unspecified atom stereocenters. The highest BCUT2D eigenvalue weighted by Gasteiger charge is 2.17. The summed E-state index contributed by atoms with van der Waals surface area (Å²) in [6.45, 7) is 4.06. The molecule has 0 aromatic heterocycles. The Bertz CT molecular complexity index is 822. The van der Waals surface area contributed by atoms with Crippen LogP contribution in [0.2, 0.25) is 0 Å². The third-order valence-electron chi connectivity index (χ3n) is 3.55. The number of hydrogen-bond donors (Lipinski definition) is 1. The lowest BCUT2D eigenvalue weighted by molar-refractivity contribution is -0.119. The Balaban J connectivity index is 2.00. The first-order chi connectivity index (χ1) is 12.9. The van der Waals surface area contributed by atoms with Gasteiger partial charge in [-0.25, -0.2) is 4.79 Å². The Morgan fingerprint density at radius 2 is 1.96 bits per heavy atom. The van der Waals surface area contributed by atoms with Crippen molar-refractivity contribution in [2.75, 3.05) is 25.6 Å². The van der Waals surface area contributed by atoms with Gasteiger partial charge < -0.3 is 19.5 Å². The largest absolute Gasteiger partial charge is 0.493 e. The van der Waals surface area contributed by atoms with E-state index in [2.05, 4.69) is 21.2 Å². The molecular formula is C20H22BrNO5. The zero-order valence-corrected chi connectivity index (χ0v) is 17.1. The van der Waals surface area contributed by atoms with Crippen molar-refractivity contribution in [2.45, 2.75) is 20.3 Å². The van der Waals surface area contributed by atoms with Crippen LogP contribution in [0.3, 0.4) is 0 Å². The molecule has 0 heterocycles. The molecule has 144 valence electrons. The van der Waals surface area contributed by atoms with Crippen molar-refractivity contribution in [1.82, 2.24) is 0 Å². The summed E-state index contributed by atoms with van der Waals surface area (Å²) in [4.78, 5) is 24.3. The average molecular weight is 436 g/mol. The highest BCUT2D eigenvalue weighted by molar-refractivity contribution is 9.10. The van der Waals surface area contributed by atoms with Crippen LogP contribution in [0.5, 0.6) is 11.5 Å². The zero-order valence-electron chi connectivity index (χ0n) is 15.5. The zero-order chi connectivity index (χ0) is 19.8. The summed E-state index contributed by atoms with van der Waals surface area (Å²) in [5, 5.41) is 2.69. The van der Waals surface area contributed by atoms with Gasteiger partial charge in [0.25, 0.3) is 5.91 Å². The van der Waals surface area contributed by atoms with Gasteiger partial charge in [0.1, 0.15) is 0 Å². The second-order valence-electron chi connectivity index (χ2n) is 5.83. The summed E-state index contributed by atoms with van der Waals surface area (Å²) in [7, 11) is 1.49. The average Bonchev–Trinajstić information content (AvgIpc) is 2.64. The molecule has 0 aliphatic heterocycles. The number of anilines is 1. The topological polar surface area (TPSA) is 73.9 Å². The van der Waals surface area contributed by atoms with E-state index >= 15 is 0 Å². The number of rotatable bonds is 8. The van der Waals surface area contributed by atoms with Gasteiger partial charge in [-0.15, -0.1) is 0 Å². The van der Waals surface area contributed by atoms with Crippen molar-refractivity contribution >= 4 is 33.5 Å². The van der Waals surface area contributed by atoms with Crippen molar-refractivity contribution in [3.8, 4) is 11.5 Å². The Hall–Kier alpha value is -2.54. The Morgan fingerprint density at radius 3 is 2.63 bits per heavy atom. The molecule has 0 aliphatic rings. The fourth-order valence-electron chi connectivity index (χ4n) is 2.32. The maximum Gasteiger partial charge on any atom is 0.338 e. The Kier molecular flexibility index (Phi) is 7.67. The standard InChI is InChI=1S/C20H22BrNO5/c1-4-8-26-19-16(21)10-14(11-17(19)25-3)20(24)27-12-18(23)22-15-7-5-6-13(2)9-15/h5-7,9-11H,4,8,12H2,1-3H3,(H,22,23). The molecule has 1 amide bonds. The van der Waals surface area contributed by atoms with Crippen LogP contribution in [-0.4, -0.2) is 32.2 Å². The number of carbonyl (C=O) groups excluding carboxylic acids is 2. The molecule has 2 aromatic rings. The number of hydrogen-bond acceptors (Lipinski definition) is 5. The number of benzene rings is 2. The van der Waals surface area contributed by atoms with Crippen molar-refractivity contribution in [3.05, 3.63) is 52.0 Å². The van der Waals surface area contributed by atoms with Crippen molar-refractivity contribution in [1.29, 1.82) is 0 Å². The van der Waals surface area contributed by atoms with E-state index in [1.54, 1.807) is 12.1 Å². The molecule has 0 spiro atoms. The third kappa shape index (κ3) is 5.99. The first kappa shape index (κ1) is 20.8. The fourth-order valence-corrected chi connectivity index (χ4v) is 2.87. The lowest BCUT2D eigenvalue weighted by atomic mass is 10.2. The molecule has 2 aromatic carbocycles. The number of ether oxygens (including phenoxy) is 3. The summed E-state index contributed by atoms with van der Waals surface area (Å²) in [6, 6.07) is 10.5. The van der Waals surface area contributed by atoms with E-state index in [-0.39, 0.29) is 12.2 Å². The van der Waals surface area contributed by atoms with E-state index in [4.69, 9.17) is 14.2 Å². The van der Waals surface area contributed by atoms with E-state index in [0.29, 0.717) is 28.3 Å². The number of esters is 1. The SMILES string of the molecule is CCCOc1c(Br)cc(C(=O)OCC(=O)Nc2cccc(C)c2)cc1OC. The number of carbonyl (C=O) groups is 2. The molecule has 0 saturated carbocycles. The van der Waals surface area contributed by atoms with Gasteiger partial charge in [-0.3, -0.25) is 4.79 Å². The van der Waals surface area contributed by atoms with Gasteiger partial charge in [0, 0.05) is 5.69 Å². The van der Waals surface area contributed by atoms with Gasteiger partial charge in [0.2, 0.25) is 0 Å². The maximum atomic E-state index is 12.3. The minimum atomic E-state index is -0.629. The lowest BCUT2D eigenvalue weighted by Crippen LogP contribution is -2.21. The number of nitrogens with one attached hydrogen (secondary N) is 1. The van der Waals surface area contributed by atoms with Gasteiger partial charge in [0.15, 0.2) is 18.1 Å². The molecule has 0 saturated heterocycles. The second-order valence-corrected chi connectivity index (χ2v) is 6.69. The van der Waals surface area contributed by atoms with Gasteiger partial charge in [-0.1, -0.05) is 19.1 Å². The molecule has 0 atom stereocenters. The first-order valence-corrected chi connectivity index (χ1v) is 9.27. The van der Waals surface area contributed by atoms with E-state index in [1.807, 2.05) is 32.0 Å². The van der Waals surface area contributed by atoms with Crippen LogP contribution in [0.4, 0.5) is 5.69 Å². The van der Waals surface area contributed by atoms with Crippen LogP contribution >= 0.6 is 15.9 Å². The van der Waals surface area contributed by atoms with Gasteiger partial charge in [-0.05, 0) is 59.1 Å². The molecule has 0 radical (unpaired) electrons. The van der Waals surface area contributed by atoms with Crippen LogP contribution in [0.1, 0.15) is 29.3 Å². The summed E-state index contributed by atoms with van der Waals surface area (Å²) in [5.74, 6) is -0.111. The minimum absolute atomic E-state index is 0.255. The number of aryl methyl sites for hydroxylation is 1. The van der Waals surface area contributed by atoms with Gasteiger partial charge in [0.05, 0.1) is 23.8 Å². The summed E-state index contributed by atoms with van der Waals surface area (Å²) < 4.78 is 16.6.